The fourth-order valence-electron chi connectivity index (χ4n) is 4.56. The molecule has 2 atom stereocenters. The van der Waals surface area contributed by atoms with Crippen molar-refractivity contribution in [2.75, 3.05) is 0 Å². The second-order valence-corrected chi connectivity index (χ2v) is 8.00. The van der Waals surface area contributed by atoms with Gasteiger partial charge in [-0.3, -0.25) is 9.89 Å². The van der Waals surface area contributed by atoms with Gasteiger partial charge in [0.05, 0.1) is 17.3 Å². The zero-order chi connectivity index (χ0) is 18.8. The molecule has 2 fully saturated rings. The molecule has 0 saturated heterocycles. The van der Waals surface area contributed by atoms with Crippen LogP contribution in [-0.4, -0.2) is 27.3 Å². The molecule has 27 heavy (non-hydrogen) atoms. The van der Waals surface area contributed by atoms with Gasteiger partial charge < -0.3 is 10.4 Å². The van der Waals surface area contributed by atoms with E-state index < -0.39 is 11.4 Å². The molecule has 0 bridgehead atoms. The van der Waals surface area contributed by atoms with Gasteiger partial charge in [-0.05, 0) is 60.6 Å². The van der Waals surface area contributed by atoms with E-state index in [1.807, 2.05) is 0 Å². The Morgan fingerprint density at radius 1 is 1.30 bits per heavy atom. The normalized spacial score (nSPS) is 28.9. The number of hydrogen-bond donors (Lipinski definition) is 3. The van der Waals surface area contributed by atoms with Crippen LogP contribution >= 0.6 is 11.6 Å². The summed E-state index contributed by atoms with van der Waals surface area (Å²) in [6.45, 7) is 0. The maximum Gasteiger partial charge on any atom is 0.251 e. The van der Waals surface area contributed by atoms with E-state index >= 15 is 0 Å². The Labute approximate surface area is 159 Å². The average molecular weight is 386 g/mol. The summed E-state index contributed by atoms with van der Waals surface area (Å²) in [6.07, 6.45) is 2.80. The number of rotatable bonds is 3. The Bertz CT molecular complexity index is 1050. The quantitative estimate of drug-likeness (QED) is 0.646. The number of aromatic amines is 1. The zero-order valence-corrected chi connectivity index (χ0v) is 15.0. The fraction of sp³-hybridized carbons (Fsp3) is 0.300. The van der Waals surface area contributed by atoms with Crippen LogP contribution in [0.5, 0.6) is 0 Å². The largest absolute Gasteiger partial charge is 0.385 e. The minimum atomic E-state index is -0.984. The van der Waals surface area contributed by atoms with Crippen LogP contribution in [0.25, 0.3) is 10.9 Å². The summed E-state index contributed by atoms with van der Waals surface area (Å²) in [6, 6.07) is 9.25. The highest BCUT2D eigenvalue weighted by Gasteiger charge is 2.62. The molecule has 2 aliphatic carbocycles. The van der Waals surface area contributed by atoms with E-state index in [1.54, 1.807) is 24.4 Å². The average Bonchev–Trinajstić information content (AvgIpc) is 3.01. The third-order valence-corrected chi connectivity index (χ3v) is 6.11. The number of H-pyrrole nitrogens is 1. The van der Waals surface area contributed by atoms with E-state index in [1.165, 1.54) is 18.2 Å². The molecule has 2 saturated carbocycles. The van der Waals surface area contributed by atoms with E-state index in [-0.39, 0.29) is 23.8 Å². The zero-order valence-electron chi connectivity index (χ0n) is 14.2. The number of amides is 1. The highest BCUT2D eigenvalue weighted by atomic mass is 35.5. The van der Waals surface area contributed by atoms with Gasteiger partial charge in [0.25, 0.3) is 5.91 Å². The molecule has 2 aliphatic rings. The smallest absolute Gasteiger partial charge is 0.251 e. The predicted molar refractivity (Wildman–Crippen MR) is 98.9 cm³/mol. The van der Waals surface area contributed by atoms with Gasteiger partial charge in [-0.2, -0.15) is 5.10 Å². The molecule has 7 heteroatoms. The highest BCUT2D eigenvalue weighted by Crippen LogP contribution is 2.60. The Balaban J connectivity index is 1.33. The van der Waals surface area contributed by atoms with Gasteiger partial charge in [-0.15, -0.1) is 0 Å². The van der Waals surface area contributed by atoms with Crippen LogP contribution in [0.15, 0.2) is 42.6 Å². The molecule has 0 radical (unpaired) electrons. The number of aromatic nitrogens is 2. The lowest BCUT2D eigenvalue weighted by molar-refractivity contribution is 0.0293. The van der Waals surface area contributed by atoms with Crippen LogP contribution in [0, 0.1) is 17.7 Å². The molecule has 0 spiro atoms. The van der Waals surface area contributed by atoms with E-state index in [9.17, 15) is 14.3 Å². The van der Waals surface area contributed by atoms with Crippen LogP contribution in [0.2, 0.25) is 5.02 Å². The van der Waals surface area contributed by atoms with Crippen LogP contribution < -0.4 is 5.32 Å². The summed E-state index contributed by atoms with van der Waals surface area (Å²) in [7, 11) is 0. The van der Waals surface area contributed by atoms with Gasteiger partial charge in [-0.1, -0.05) is 17.7 Å². The Kier molecular flexibility index (Phi) is 3.58. The highest BCUT2D eigenvalue weighted by molar-refractivity contribution is 6.31. The topological polar surface area (TPSA) is 78.0 Å². The van der Waals surface area contributed by atoms with Crippen molar-refractivity contribution in [3.8, 4) is 0 Å². The molecule has 5 rings (SSSR count). The van der Waals surface area contributed by atoms with Gasteiger partial charge in [0.15, 0.2) is 0 Å². The fourth-order valence-corrected chi connectivity index (χ4v) is 4.78. The number of fused-ring (bicyclic) bond motifs is 2. The molecule has 138 valence electrons. The number of carbonyl (C=O) groups is 1. The lowest BCUT2D eigenvalue weighted by atomic mass is 9.86. The summed E-state index contributed by atoms with van der Waals surface area (Å²) in [5.41, 5.74) is 0.899. The molecule has 3 aromatic rings. The Morgan fingerprint density at radius 3 is 2.81 bits per heavy atom. The summed E-state index contributed by atoms with van der Waals surface area (Å²) < 4.78 is 13.3. The van der Waals surface area contributed by atoms with E-state index in [0.717, 1.165) is 16.5 Å². The maximum atomic E-state index is 13.3. The van der Waals surface area contributed by atoms with Crippen molar-refractivity contribution in [1.82, 2.24) is 15.5 Å². The molecular formula is C20H17ClFN3O2. The third-order valence-electron chi connectivity index (χ3n) is 5.89. The van der Waals surface area contributed by atoms with Crippen molar-refractivity contribution < 1.29 is 14.3 Å². The first-order valence-electron chi connectivity index (χ1n) is 8.86. The van der Waals surface area contributed by atoms with Crippen molar-refractivity contribution >= 4 is 28.4 Å². The molecule has 3 N–H and O–H groups in total. The van der Waals surface area contributed by atoms with E-state index in [4.69, 9.17) is 11.6 Å². The molecule has 2 aromatic carbocycles. The van der Waals surface area contributed by atoms with Crippen LogP contribution in [0.3, 0.4) is 0 Å². The molecule has 1 aromatic heterocycles. The van der Waals surface area contributed by atoms with Crippen LogP contribution in [0.1, 0.15) is 28.8 Å². The first kappa shape index (κ1) is 16.7. The van der Waals surface area contributed by atoms with Gasteiger partial charge in [0.1, 0.15) is 5.82 Å². The number of benzene rings is 2. The number of aliphatic hydroxyl groups is 1. The van der Waals surface area contributed by atoms with E-state index in [2.05, 4.69) is 15.5 Å². The van der Waals surface area contributed by atoms with Crippen molar-refractivity contribution in [3.63, 3.8) is 0 Å². The van der Waals surface area contributed by atoms with Crippen LogP contribution in [0.4, 0.5) is 4.39 Å². The summed E-state index contributed by atoms with van der Waals surface area (Å²) in [5, 5.41) is 22.6. The van der Waals surface area contributed by atoms with Crippen LogP contribution in [-0.2, 0) is 5.60 Å². The lowest BCUT2D eigenvalue weighted by Crippen LogP contribution is -2.33. The minimum Gasteiger partial charge on any atom is -0.385 e. The Morgan fingerprint density at radius 2 is 2.07 bits per heavy atom. The molecule has 0 aliphatic heterocycles. The number of carbonyl (C=O) groups excluding carboxylic acids is 1. The van der Waals surface area contributed by atoms with Gasteiger partial charge >= 0.3 is 0 Å². The number of hydrogen-bond acceptors (Lipinski definition) is 3. The van der Waals surface area contributed by atoms with Crippen molar-refractivity contribution in [3.05, 3.63) is 64.6 Å². The van der Waals surface area contributed by atoms with Gasteiger partial charge in [0, 0.05) is 22.0 Å². The summed E-state index contributed by atoms with van der Waals surface area (Å²) >= 11 is 6.20. The third kappa shape index (κ3) is 2.71. The first-order chi connectivity index (χ1) is 12.9. The molecule has 5 nitrogen and oxygen atoms in total. The molecule has 1 heterocycles. The Hall–Kier alpha value is -2.44. The summed E-state index contributed by atoms with van der Waals surface area (Å²) in [4.78, 5) is 12.3. The minimum absolute atomic E-state index is 0.0140. The second kappa shape index (κ2) is 5.78. The van der Waals surface area contributed by atoms with Gasteiger partial charge in [0.2, 0.25) is 0 Å². The lowest BCUT2D eigenvalue weighted by Gasteiger charge is -2.27. The standard InChI is InChI=1S/C20H17ClFN3O2/c21-11-5-16(15-9-23-25-17(15)6-11)20(27)7-13-14(8-20)18(13)24-19(26)10-2-1-3-12(22)4-10/h1-6,9,13-14,18,27H,7-8H2,(H,23,25)(H,24,26). The SMILES string of the molecule is O=C(NC1C2CC(O)(c3cc(Cl)cc4[nH]ncc34)CC21)c1cccc(F)c1. The molecular weight excluding hydrogens is 369 g/mol. The maximum absolute atomic E-state index is 13.3. The summed E-state index contributed by atoms with van der Waals surface area (Å²) in [5.74, 6) is -0.308. The predicted octanol–water partition coefficient (Wildman–Crippen LogP) is 3.38. The second-order valence-electron chi connectivity index (χ2n) is 7.56. The van der Waals surface area contributed by atoms with Crippen molar-refractivity contribution in [2.45, 2.75) is 24.5 Å². The molecule has 2 unspecified atom stereocenters. The number of nitrogens with zero attached hydrogens (tertiary/aromatic N) is 1. The van der Waals surface area contributed by atoms with Gasteiger partial charge in [-0.25, -0.2) is 4.39 Å². The molecule has 1 amide bonds. The van der Waals surface area contributed by atoms with Crippen molar-refractivity contribution in [2.24, 2.45) is 11.8 Å². The first-order valence-corrected chi connectivity index (χ1v) is 9.24. The van der Waals surface area contributed by atoms with E-state index in [0.29, 0.717) is 23.4 Å². The monoisotopic (exact) mass is 385 g/mol. The number of halogens is 2. The number of nitrogens with one attached hydrogen (secondary N) is 2. The van der Waals surface area contributed by atoms with Crippen molar-refractivity contribution in [1.29, 1.82) is 0 Å².